The second-order valence-electron chi connectivity index (χ2n) is 13.6. The van der Waals surface area contributed by atoms with E-state index in [0.717, 1.165) is 66.3 Å². The van der Waals surface area contributed by atoms with Gasteiger partial charge in [-0.2, -0.15) is 4.98 Å². The van der Waals surface area contributed by atoms with Gasteiger partial charge in [-0.25, -0.2) is 23.7 Å². The maximum atomic E-state index is 14.3. The predicted molar refractivity (Wildman–Crippen MR) is 205 cm³/mol. The van der Waals surface area contributed by atoms with Gasteiger partial charge in [-0.05, 0) is 71.6 Å². The van der Waals surface area contributed by atoms with Gasteiger partial charge in [0, 0.05) is 79.6 Å². The molecule has 1 fully saturated rings. The normalized spacial score (nSPS) is 14.8. The zero-order valence-electron chi connectivity index (χ0n) is 29.3. The van der Waals surface area contributed by atoms with E-state index < -0.39 is 5.82 Å². The molecule has 1 saturated heterocycles. The molecule has 6 heterocycles. The van der Waals surface area contributed by atoms with Gasteiger partial charge >= 0.3 is 0 Å². The number of pyridine rings is 1. The molecule has 0 atom stereocenters. The number of nitrogens with zero attached hydrogens (tertiary/aromatic N) is 7. The quantitative estimate of drug-likeness (QED) is 0.168. The Balaban J connectivity index is 0.842. The van der Waals surface area contributed by atoms with E-state index in [1.807, 2.05) is 18.2 Å². The molecule has 14 heteroatoms. The van der Waals surface area contributed by atoms with Crippen LogP contribution in [0, 0.1) is 5.82 Å². The molecule has 0 saturated carbocycles. The minimum absolute atomic E-state index is 0.0971. The lowest BCUT2D eigenvalue weighted by atomic mass is 9.99. The molecule has 13 nitrogen and oxygen atoms in total. The number of nitrogens with one attached hydrogen (secondary N) is 3. The van der Waals surface area contributed by atoms with Crippen LogP contribution in [0.25, 0.3) is 39.0 Å². The molecule has 7 aromatic rings. The predicted octanol–water partition coefficient (Wildman–Crippen LogP) is 4.61. The highest BCUT2D eigenvalue weighted by Gasteiger charge is 2.24. The Bertz CT molecular complexity index is 2560. The smallest absolute Gasteiger partial charge is 0.278 e. The summed E-state index contributed by atoms with van der Waals surface area (Å²) in [5.74, 6) is 0.189. The number of carbonyl (C=O) groups excluding carboxylic acids is 1. The Morgan fingerprint density at radius 3 is 2.50 bits per heavy atom. The van der Waals surface area contributed by atoms with E-state index in [0.29, 0.717) is 46.8 Å². The summed E-state index contributed by atoms with van der Waals surface area (Å²) in [7, 11) is 0. The van der Waals surface area contributed by atoms with Gasteiger partial charge in [-0.1, -0.05) is 30.3 Å². The van der Waals surface area contributed by atoms with Gasteiger partial charge < -0.3 is 25.6 Å². The van der Waals surface area contributed by atoms with Crippen LogP contribution < -0.4 is 21.1 Å². The Hall–Kier alpha value is -6.38. The van der Waals surface area contributed by atoms with Crippen LogP contribution in [0.2, 0.25) is 0 Å². The molecule has 3 aromatic carbocycles. The second kappa shape index (κ2) is 13.9. The number of fused-ring (bicyclic) bond motifs is 1. The van der Waals surface area contributed by atoms with Gasteiger partial charge in [-0.15, -0.1) is 0 Å². The first kappa shape index (κ1) is 33.5. The van der Waals surface area contributed by atoms with Gasteiger partial charge in [0.2, 0.25) is 5.95 Å². The first-order valence-electron chi connectivity index (χ1n) is 18.0. The molecular weight excluding hydrogens is 688 g/mol. The van der Waals surface area contributed by atoms with Crippen molar-refractivity contribution in [3.8, 4) is 17.1 Å². The highest BCUT2D eigenvalue weighted by Crippen LogP contribution is 2.35. The summed E-state index contributed by atoms with van der Waals surface area (Å²) in [6.07, 6.45) is 3.82. The number of piperazine rings is 1. The van der Waals surface area contributed by atoms with Crippen molar-refractivity contribution in [3.63, 3.8) is 0 Å². The second-order valence-corrected chi connectivity index (χ2v) is 13.6. The van der Waals surface area contributed by atoms with Gasteiger partial charge in [0.25, 0.3) is 11.5 Å². The van der Waals surface area contributed by atoms with Crippen molar-refractivity contribution in [2.75, 3.05) is 49.5 Å². The van der Waals surface area contributed by atoms with Crippen molar-refractivity contribution in [2.45, 2.75) is 19.5 Å². The van der Waals surface area contributed by atoms with Crippen molar-refractivity contribution >= 4 is 45.2 Å². The zero-order valence-corrected chi connectivity index (χ0v) is 29.3. The summed E-state index contributed by atoms with van der Waals surface area (Å²) in [6, 6.07) is 24.9. The summed E-state index contributed by atoms with van der Waals surface area (Å²) in [5.41, 5.74) is 7.28. The fourth-order valence-corrected chi connectivity index (χ4v) is 7.62. The van der Waals surface area contributed by atoms with Gasteiger partial charge in [0.05, 0.1) is 18.7 Å². The number of benzene rings is 3. The maximum Gasteiger partial charge on any atom is 0.278 e. The molecule has 0 unspecified atom stereocenters. The minimum atomic E-state index is -0.429. The Labute approximate surface area is 308 Å². The molecule has 54 heavy (non-hydrogen) atoms. The summed E-state index contributed by atoms with van der Waals surface area (Å²) in [6.45, 7) is 4.87. The average molecular weight is 725 g/mol. The lowest BCUT2D eigenvalue weighted by molar-refractivity contribution is 0.0956. The number of aromatic amines is 1. The number of amides is 1. The number of hydrogen-bond acceptors (Lipinski definition) is 9. The third kappa shape index (κ3) is 6.14. The Morgan fingerprint density at radius 1 is 0.926 bits per heavy atom. The first-order valence-corrected chi connectivity index (χ1v) is 18.0. The third-order valence-corrected chi connectivity index (χ3v) is 10.2. The van der Waals surface area contributed by atoms with E-state index in [9.17, 15) is 19.1 Å². The molecule has 0 spiro atoms. The third-order valence-electron chi connectivity index (χ3n) is 10.2. The number of rotatable bonds is 9. The van der Waals surface area contributed by atoms with E-state index in [2.05, 4.69) is 76.8 Å². The van der Waals surface area contributed by atoms with Crippen molar-refractivity contribution in [1.82, 2.24) is 39.5 Å². The van der Waals surface area contributed by atoms with Gasteiger partial charge in [0.15, 0.2) is 11.5 Å². The van der Waals surface area contributed by atoms with Crippen LogP contribution in [0.15, 0.2) is 96.1 Å². The van der Waals surface area contributed by atoms with E-state index in [-0.39, 0.29) is 24.6 Å². The van der Waals surface area contributed by atoms with Crippen molar-refractivity contribution in [2.24, 2.45) is 0 Å². The number of hydrogen-bond donors (Lipinski definition) is 4. The number of aromatic nitrogens is 6. The molecule has 272 valence electrons. The molecule has 9 rings (SSSR count). The highest BCUT2D eigenvalue weighted by atomic mass is 19.1. The molecule has 0 radical (unpaired) electrons. The van der Waals surface area contributed by atoms with Gasteiger partial charge in [-0.3, -0.25) is 14.5 Å². The number of aliphatic hydroxyl groups is 1. The molecule has 0 aliphatic carbocycles. The van der Waals surface area contributed by atoms with Crippen molar-refractivity contribution in [3.05, 3.63) is 124 Å². The largest absolute Gasteiger partial charge is 0.394 e. The summed E-state index contributed by atoms with van der Waals surface area (Å²) in [5, 5.41) is 16.9. The number of H-pyrrole nitrogens is 1. The Kier molecular flexibility index (Phi) is 8.60. The van der Waals surface area contributed by atoms with E-state index in [4.69, 9.17) is 0 Å². The topological polar surface area (TPSA) is 149 Å². The molecule has 1 amide bonds. The fraction of sp³-hybridized carbons (Fsp3) is 0.225. The summed E-state index contributed by atoms with van der Waals surface area (Å²) < 4.78 is 17.4. The van der Waals surface area contributed by atoms with Crippen LogP contribution in [-0.4, -0.2) is 84.5 Å². The summed E-state index contributed by atoms with van der Waals surface area (Å²) in [4.78, 5) is 47.4. The molecule has 2 aliphatic rings. The molecule has 4 aromatic heterocycles. The summed E-state index contributed by atoms with van der Waals surface area (Å²) >= 11 is 0. The van der Waals surface area contributed by atoms with Crippen molar-refractivity contribution < 1.29 is 14.3 Å². The lowest BCUT2D eigenvalue weighted by Gasteiger charge is -2.36. The van der Waals surface area contributed by atoms with E-state index in [1.54, 1.807) is 23.0 Å². The van der Waals surface area contributed by atoms with Crippen LogP contribution in [0.1, 0.15) is 21.5 Å². The van der Waals surface area contributed by atoms with Crippen LogP contribution in [-0.2, 0) is 19.5 Å². The minimum Gasteiger partial charge on any atom is -0.394 e. The first-order chi connectivity index (χ1) is 26.4. The average Bonchev–Trinajstić information content (AvgIpc) is 3.63. The number of carbonyl (C=O) groups is 1. The number of anilines is 3. The van der Waals surface area contributed by atoms with E-state index >= 15 is 0 Å². The molecular formula is C40H37FN10O3. The molecule has 4 N–H and O–H groups in total. The highest BCUT2D eigenvalue weighted by molar-refractivity contribution is 6.10. The van der Waals surface area contributed by atoms with Crippen LogP contribution in [0.5, 0.6) is 0 Å². The Morgan fingerprint density at radius 2 is 1.74 bits per heavy atom. The lowest BCUT2D eigenvalue weighted by Crippen LogP contribution is -2.45. The SMILES string of the molecule is O=C1NCCc2c(-c3ccc(CN4CCN(c5ccc(Nc6ncc7c(=O)n(CCO)n(-c8ccccn8)c7n6)cc5)CC4)cc3)[nH]c3cc(F)cc1c23. The zero-order chi connectivity index (χ0) is 36.8. The standard InChI is InChI=1S/C40H37FN10O3/c41-27-21-31-35-30(12-14-43-38(31)53)36(46-33(35)22-27)26-6-4-25(5-7-26)24-48-15-17-49(18-16-48)29-10-8-28(9-11-29)45-40-44-23-32-37(47-40)51(34-3-1-2-13-42-34)50(19-20-52)39(32)54/h1-11,13,21-23,46,52H,12,14-20,24H2,(H,43,53)(H,44,45,47). The molecule has 0 bridgehead atoms. The van der Waals surface area contributed by atoms with Crippen LogP contribution in [0.3, 0.4) is 0 Å². The maximum absolute atomic E-state index is 14.3. The van der Waals surface area contributed by atoms with Gasteiger partial charge in [0.1, 0.15) is 11.2 Å². The monoisotopic (exact) mass is 724 g/mol. The van der Waals surface area contributed by atoms with Crippen molar-refractivity contribution in [1.29, 1.82) is 0 Å². The molecule has 2 aliphatic heterocycles. The van der Waals surface area contributed by atoms with Crippen LogP contribution in [0.4, 0.5) is 21.7 Å². The van der Waals surface area contributed by atoms with Crippen LogP contribution >= 0.6 is 0 Å². The fourth-order valence-electron chi connectivity index (χ4n) is 7.62. The van der Waals surface area contributed by atoms with E-state index in [1.165, 1.54) is 28.6 Å². The number of aliphatic hydroxyl groups excluding tert-OH is 1. The number of halogens is 1.